The van der Waals surface area contributed by atoms with Crippen molar-refractivity contribution in [2.24, 2.45) is 0 Å². The maximum atomic E-state index is 12.5. The molecule has 0 aliphatic rings. The van der Waals surface area contributed by atoms with Crippen molar-refractivity contribution in [1.82, 2.24) is 4.90 Å². The van der Waals surface area contributed by atoms with E-state index in [1.54, 1.807) is 7.05 Å². The summed E-state index contributed by atoms with van der Waals surface area (Å²) in [6.45, 7) is 3.39. The highest BCUT2D eigenvalue weighted by atomic mass is 19.4. The Morgan fingerprint density at radius 1 is 1.37 bits per heavy atom. The van der Waals surface area contributed by atoms with Crippen LogP contribution in [0.1, 0.15) is 19.4 Å². The van der Waals surface area contributed by atoms with E-state index in [-0.39, 0.29) is 24.3 Å². The first-order valence-corrected chi connectivity index (χ1v) is 5.77. The Balaban J connectivity index is 2.66. The van der Waals surface area contributed by atoms with Crippen LogP contribution in [-0.2, 0) is 11.0 Å². The van der Waals surface area contributed by atoms with Gasteiger partial charge in [-0.3, -0.25) is 4.79 Å². The number of alkyl halides is 3. The smallest absolute Gasteiger partial charge is 0.416 e. The zero-order valence-corrected chi connectivity index (χ0v) is 11.0. The van der Waals surface area contributed by atoms with E-state index in [0.29, 0.717) is 0 Å². The number of ether oxygens (including phenoxy) is 1. The molecule has 0 aromatic heterocycles. The lowest BCUT2D eigenvalue weighted by Gasteiger charge is -2.21. The van der Waals surface area contributed by atoms with Crippen LogP contribution in [0.3, 0.4) is 0 Å². The highest BCUT2D eigenvalue weighted by Gasteiger charge is 2.30. The molecule has 6 heteroatoms. The third kappa shape index (κ3) is 4.46. The standard InChI is InChI=1S/C13H16F3NO2/c1-9(2)17(3)12(18)8-19-11-6-4-5-10(7-11)13(14,15)16/h4-7,9H,8H2,1-3H3. The summed E-state index contributed by atoms with van der Waals surface area (Å²) >= 11 is 0. The van der Waals surface area contributed by atoms with Crippen molar-refractivity contribution < 1.29 is 22.7 Å². The van der Waals surface area contributed by atoms with Gasteiger partial charge in [-0.15, -0.1) is 0 Å². The number of amides is 1. The van der Waals surface area contributed by atoms with Crippen LogP contribution in [0.15, 0.2) is 24.3 Å². The van der Waals surface area contributed by atoms with Crippen LogP contribution >= 0.6 is 0 Å². The third-order valence-corrected chi connectivity index (χ3v) is 2.69. The summed E-state index contributed by atoms with van der Waals surface area (Å²) in [5.74, 6) is -0.257. The van der Waals surface area contributed by atoms with Crippen molar-refractivity contribution in [1.29, 1.82) is 0 Å². The summed E-state index contributed by atoms with van der Waals surface area (Å²) in [5.41, 5.74) is -0.797. The molecular formula is C13H16F3NO2. The van der Waals surface area contributed by atoms with Gasteiger partial charge in [0.25, 0.3) is 5.91 Å². The summed E-state index contributed by atoms with van der Waals surface area (Å²) in [5, 5.41) is 0. The minimum absolute atomic E-state index is 0.0117. The maximum absolute atomic E-state index is 12.5. The van der Waals surface area contributed by atoms with Crippen LogP contribution in [0.4, 0.5) is 13.2 Å². The SMILES string of the molecule is CC(C)N(C)C(=O)COc1cccc(C(F)(F)F)c1. The number of halogens is 3. The van der Waals surface area contributed by atoms with Crippen molar-refractivity contribution in [2.45, 2.75) is 26.1 Å². The minimum Gasteiger partial charge on any atom is -0.484 e. The number of carbonyl (C=O) groups is 1. The van der Waals surface area contributed by atoms with Gasteiger partial charge in [-0.05, 0) is 32.0 Å². The van der Waals surface area contributed by atoms with Gasteiger partial charge in [0, 0.05) is 13.1 Å². The van der Waals surface area contributed by atoms with Crippen molar-refractivity contribution in [2.75, 3.05) is 13.7 Å². The molecule has 0 saturated heterocycles. The van der Waals surface area contributed by atoms with Crippen LogP contribution in [0.2, 0.25) is 0 Å². The van der Waals surface area contributed by atoms with Gasteiger partial charge in [0.15, 0.2) is 6.61 Å². The number of carbonyl (C=O) groups excluding carboxylic acids is 1. The lowest BCUT2D eigenvalue weighted by Crippen LogP contribution is -2.36. The third-order valence-electron chi connectivity index (χ3n) is 2.69. The average Bonchev–Trinajstić information content (AvgIpc) is 2.34. The van der Waals surface area contributed by atoms with Crippen LogP contribution < -0.4 is 4.74 Å². The Bertz CT molecular complexity index is 444. The lowest BCUT2D eigenvalue weighted by atomic mass is 10.2. The van der Waals surface area contributed by atoms with Gasteiger partial charge in [0.2, 0.25) is 0 Å². The summed E-state index contributed by atoms with van der Waals surface area (Å²) in [4.78, 5) is 13.1. The summed E-state index contributed by atoms with van der Waals surface area (Å²) in [6.07, 6.45) is -4.42. The molecule has 0 saturated carbocycles. The van der Waals surface area contributed by atoms with Crippen molar-refractivity contribution in [3.05, 3.63) is 29.8 Å². The first-order chi connectivity index (χ1) is 8.71. The summed E-state index contributed by atoms with van der Waals surface area (Å²) < 4.78 is 42.5. The Kier molecular flexibility index (Phi) is 4.80. The van der Waals surface area contributed by atoms with E-state index in [2.05, 4.69) is 0 Å². The van der Waals surface area contributed by atoms with Crippen molar-refractivity contribution in [3.8, 4) is 5.75 Å². The molecule has 0 heterocycles. The van der Waals surface area contributed by atoms with Gasteiger partial charge in [-0.1, -0.05) is 6.07 Å². The average molecular weight is 275 g/mol. The maximum Gasteiger partial charge on any atom is 0.416 e. The molecule has 0 N–H and O–H groups in total. The Labute approximate surface area is 110 Å². The molecule has 19 heavy (non-hydrogen) atoms. The molecule has 0 radical (unpaired) electrons. The van der Waals surface area contributed by atoms with E-state index < -0.39 is 11.7 Å². The van der Waals surface area contributed by atoms with Crippen LogP contribution in [0, 0.1) is 0 Å². The number of nitrogens with zero attached hydrogens (tertiary/aromatic N) is 1. The molecule has 1 amide bonds. The van der Waals surface area contributed by atoms with Gasteiger partial charge < -0.3 is 9.64 Å². The van der Waals surface area contributed by atoms with Crippen LogP contribution in [0.25, 0.3) is 0 Å². The van der Waals surface area contributed by atoms with Crippen LogP contribution in [0.5, 0.6) is 5.75 Å². The molecule has 1 rings (SSSR count). The fourth-order valence-corrected chi connectivity index (χ4v) is 1.30. The van der Waals surface area contributed by atoms with E-state index in [0.717, 1.165) is 12.1 Å². The van der Waals surface area contributed by atoms with E-state index in [9.17, 15) is 18.0 Å². The first kappa shape index (κ1) is 15.3. The van der Waals surface area contributed by atoms with Gasteiger partial charge in [0.05, 0.1) is 5.56 Å². The quantitative estimate of drug-likeness (QED) is 0.845. The van der Waals surface area contributed by atoms with Crippen LogP contribution in [-0.4, -0.2) is 30.5 Å². The molecular weight excluding hydrogens is 259 g/mol. The zero-order chi connectivity index (χ0) is 14.6. The predicted octanol–water partition coefficient (Wildman–Crippen LogP) is 2.95. The molecule has 0 aliphatic carbocycles. The molecule has 0 bridgehead atoms. The second kappa shape index (κ2) is 5.95. The molecule has 106 valence electrons. The van der Waals surface area contributed by atoms with E-state index >= 15 is 0 Å². The number of hydrogen-bond donors (Lipinski definition) is 0. The topological polar surface area (TPSA) is 29.5 Å². The second-order valence-corrected chi connectivity index (χ2v) is 4.41. The molecule has 1 aromatic carbocycles. The van der Waals surface area contributed by atoms with Gasteiger partial charge in [0.1, 0.15) is 5.75 Å². The monoisotopic (exact) mass is 275 g/mol. The van der Waals surface area contributed by atoms with Gasteiger partial charge in [-0.25, -0.2) is 0 Å². The number of rotatable bonds is 4. The van der Waals surface area contributed by atoms with E-state index in [1.807, 2.05) is 13.8 Å². The highest BCUT2D eigenvalue weighted by molar-refractivity contribution is 5.77. The molecule has 0 fully saturated rings. The molecule has 0 atom stereocenters. The lowest BCUT2D eigenvalue weighted by molar-refractivity contribution is -0.137. The molecule has 0 spiro atoms. The Morgan fingerprint density at radius 3 is 2.53 bits per heavy atom. The molecule has 0 unspecified atom stereocenters. The number of hydrogen-bond acceptors (Lipinski definition) is 2. The molecule has 3 nitrogen and oxygen atoms in total. The first-order valence-electron chi connectivity index (χ1n) is 5.77. The van der Waals surface area contributed by atoms with Gasteiger partial charge in [-0.2, -0.15) is 13.2 Å². The molecule has 0 aliphatic heterocycles. The fraction of sp³-hybridized carbons (Fsp3) is 0.462. The Hall–Kier alpha value is -1.72. The van der Waals surface area contributed by atoms with E-state index in [1.165, 1.54) is 17.0 Å². The normalized spacial score (nSPS) is 11.5. The van der Waals surface area contributed by atoms with Gasteiger partial charge >= 0.3 is 6.18 Å². The molecule has 1 aromatic rings. The fourth-order valence-electron chi connectivity index (χ4n) is 1.30. The summed E-state index contributed by atoms with van der Waals surface area (Å²) in [7, 11) is 1.61. The van der Waals surface area contributed by atoms with Crippen molar-refractivity contribution >= 4 is 5.91 Å². The second-order valence-electron chi connectivity index (χ2n) is 4.41. The Morgan fingerprint density at radius 2 is 2.00 bits per heavy atom. The minimum atomic E-state index is -4.42. The zero-order valence-electron chi connectivity index (χ0n) is 11.0. The number of likely N-dealkylation sites (N-methyl/N-ethyl adjacent to an activating group) is 1. The predicted molar refractivity (Wildman–Crippen MR) is 64.8 cm³/mol. The van der Waals surface area contributed by atoms with E-state index in [4.69, 9.17) is 4.74 Å². The van der Waals surface area contributed by atoms with Crippen molar-refractivity contribution in [3.63, 3.8) is 0 Å². The summed E-state index contributed by atoms with van der Waals surface area (Å²) in [6, 6.07) is 4.47. The highest BCUT2D eigenvalue weighted by Crippen LogP contribution is 2.31. The number of benzene rings is 1. The largest absolute Gasteiger partial charge is 0.484 e.